The van der Waals surface area contributed by atoms with E-state index in [9.17, 15) is 51.9 Å². The van der Waals surface area contributed by atoms with Crippen LogP contribution in [0.2, 0.25) is 5.02 Å². The van der Waals surface area contributed by atoms with Crippen LogP contribution >= 0.6 is 33.2 Å². The molecule has 3 saturated heterocycles. The Morgan fingerprint density at radius 3 is 2.47 bits per heavy atom. The molecule has 4 bridgehead atoms. The lowest BCUT2D eigenvalue weighted by Gasteiger charge is -2.42. The van der Waals surface area contributed by atoms with Gasteiger partial charge in [0.15, 0.2) is 15.6 Å². The van der Waals surface area contributed by atoms with Crippen LogP contribution in [0.15, 0.2) is 64.1 Å². The number of rotatable bonds is 19. The number of anilines is 1. The molecule has 5 heterocycles. The van der Waals surface area contributed by atoms with Crippen LogP contribution in [0.5, 0.6) is 11.5 Å². The molecule has 85 heavy (non-hydrogen) atoms. The van der Waals surface area contributed by atoms with Crippen LogP contribution in [0.25, 0.3) is 0 Å². The Bertz CT molecular complexity index is 3140. The Hall–Kier alpha value is -6.23. The molecule has 2 aromatic carbocycles. The van der Waals surface area contributed by atoms with Gasteiger partial charge in [0, 0.05) is 81.7 Å². The summed E-state index contributed by atoms with van der Waals surface area (Å²) in [4.78, 5) is 112. The zero-order valence-corrected chi connectivity index (χ0v) is 52.3. The summed E-state index contributed by atoms with van der Waals surface area (Å²) in [5.41, 5.74) is 1.97. The first-order valence-electron chi connectivity index (χ1n) is 27.6. The van der Waals surface area contributed by atoms with E-state index in [-0.39, 0.29) is 85.3 Å². The fourth-order valence-electron chi connectivity index (χ4n) is 10.2. The van der Waals surface area contributed by atoms with Crippen molar-refractivity contribution < 1.29 is 85.1 Å². The molecule has 0 aromatic heterocycles. The summed E-state index contributed by atoms with van der Waals surface area (Å²) in [7, 11) is 4.86. The molecule has 7 rings (SSSR count). The van der Waals surface area contributed by atoms with Crippen molar-refractivity contribution in [2.75, 3.05) is 51.3 Å². The SMILES string of the molecule is COc1cc2cc(c1Cl)N(C)C(=O)C[C@H](OC(=O)[C@H](C)N(C)C(=O)CCSSC(C)(C)CC(=O)N/N=C1\CCS(=O)(=O)c3cc(OCCCC(=O)ON4C(=O)CCC4=O)ccc31)[C@]1(C)O[C@H]1[C@H](C)[C@@H]1C[C@@](O)(NC(=O)O1)[C@H](OC)/C=C/C=C(\C)C2. The molecule has 6 amide bonds. The Morgan fingerprint density at radius 2 is 1.78 bits per heavy atom. The van der Waals surface area contributed by atoms with Gasteiger partial charge in [0.25, 0.3) is 11.8 Å². The maximum Gasteiger partial charge on any atom is 0.409 e. The molecule has 28 heteroatoms. The molecule has 2 aromatic rings. The molecule has 0 unspecified atom stereocenters. The van der Waals surface area contributed by atoms with Crippen molar-refractivity contribution in [2.45, 2.75) is 157 Å². The van der Waals surface area contributed by atoms with Crippen LogP contribution in [-0.2, 0) is 73.6 Å². The number of benzene rings is 2. The molecule has 0 aliphatic carbocycles. The van der Waals surface area contributed by atoms with Crippen LogP contribution in [0.4, 0.5) is 10.5 Å². The van der Waals surface area contributed by atoms with Crippen molar-refractivity contribution in [3.63, 3.8) is 0 Å². The van der Waals surface area contributed by atoms with E-state index in [1.165, 1.54) is 71.7 Å². The number of epoxide rings is 1. The number of carbonyl (C=O) groups excluding carboxylic acids is 8. The van der Waals surface area contributed by atoms with Gasteiger partial charge in [-0.2, -0.15) is 5.10 Å². The van der Waals surface area contributed by atoms with Gasteiger partial charge in [-0.1, -0.05) is 63.9 Å². The number of amides is 6. The third-order valence-corrected chi connectivity index (χ3v) is 20.7. The maximum absolute atomic E-state index is 14.4. The minimum atomic E-state index is -3.73. The number of aliphatic hydroxyl groups is 1. The number of nitrogens with zero attached hydrogens (tertiary/aromatic N) is 4. The van der Waals surface area contributed by atoms with Crippen molar-refractivity contribution in [2.24, 2.45) is 11.0 Å². The molecule has 3 fully saturated rings. The summed E-state index contributed by atoms with van der Waals surface area (Å²) in [6.07, 6.45) is 0.269. The van der Waals surface area contributed by atoms with Gasteiger partial charge >= 0.3 is 18.0 Å². The Kier molecular flexibility index (Phi) is 21.6. The second-order valence-electron chi connectivity index (χ2n) is 22.3. The highest BCUT2D eigenvalue weighted by Gasteiger charge is 2.64. The second-order valence-corrected chi connectivity index (χ2v) is 27.9. The highest BCUT2D eigenvalue weighted by Crippen LogP contribution is 2.49. The van der Waals surface area contributed by atoms with Crippen molar-refractivity contribution in [1.82, 2.24) is 20.7 Å². The number of sulfone groups is 1. The molecule has 0 spiro atoms. The zero-order chi connectivity index (χ0) is 62.3. The average Bonchev–Trinajstić information content (AvgIpc) is 2.43. The van der Waals surface area contributed by atoms with E-state index in [4.69, 9.17) is 44.9 Å². The van der Waals surface area contributed by atoms with Crippen LogP contribution in [0, 0.1) is 5.92 Å². The summed E-state index contributed by atoms with van der Waals surface area (Å²) < 4.78 is 60.8. The number of hydroxylamine groups is 2. The molecule has 8 atom stereocenters. The summed E-state index contributed by atoms with van der Waals surface area (Å²) in [5, 5.41) is 19.3. The predicted octanol–water partition coefficient (Wildman–Crippen LogP) is 5.92. The number of esters is 1. The highest BCUT2D eigenvalue weighted by molar-refractivity contribution is 8.77. The number of allylic oxidation sites excluding steroid dienone is 3. The lowest BCUT2D eigenvalue weighted by molar-refractivity contribution is -0.197. The second kappa shape index (κ2) is 27.6. The first-order chi connectivity index (χ1) is 40.0. The van der Waals surface area contributed by atoms with E-state index in [1.807, 2.05) is 26.8 Å². The topological polar surface area (TPSA) is 305 Å². The number of alkyl carbamates (subject to hydrolysis) is 1. The quantitative estimate of drug-likeness (QED) is 0.0367. The number of hydrazone groups is 1. The number of ether oxygens (including phenoxy) is 6. The maximum atomic E-state index is 14.4. The lowest BCUT2D eigenvalue weighted by atomic mass is 9.83. The molecule has 5 aliphatic rings. The molecular formula is C57H73ClN6O18S3. The minimum Gasteiger partial charge on any atom is -0.495 e. The molecule has 5 aliphatic heterocycles. The standard InChI is InChI=1S/C57H73ClN6O18S3/c1-32-13-11-14-43(77-10)57(73)30-41(79-54(72)59-57)33(2)52-56(6,81-52)44(29-49(69)63(8)39-26-35(25-32)27-40(76-9)51(39)58)80-53(71)34(3)62(7)46(66)20-23-83-84-55(4,5)31-45(65)61-60-38-21-24-85(74,75)42-28-36(16-17-37(38)42)78-22-12-15-50(70)82-64-47(67)18-19-48(64)68/h11,13-14,16-17,26-28,33-34,41,43-44,52,73H,12,15,18-25,29-31H2,1-10H3,(H,59,72)(H,61,65)/b14-11+,32-13+,60-38+/t33-,34+,41+,43-,44+,52+,56+,57+/m1/s1. The van der Waals surface area contributed by atoms with E-state index in [0.717, 1.165) is 11.1 Å². The van der Waals surface area contributed by atoms with Crippen molar-refractivity contribution in [3.05, 3.63) is 70.3 Å². The fraction of sp³-hybridized carbons (Fsp3) is 0.561. The van der Waals surface area contributed by atoms with Gasteiger partial charge in [0.1, 0.15) is 46.5 Å². The number of methoxy groups -OCH3 is 2. The molecule has 0 saturated carbocycles. The zero-order valence-electron chi connectivity index (χ0n) is 49.1. The van der Waals surface area contributed by atoms with Gasteiger partial charge in [-0.05, 0) is 83.4 Å². The van der Waals surface area contributed by atoms with Crippen LogP contribution in [-0.4, -0.2) is 170 Å². The third-order valence-electron chi connectivity index (χ3n) is 15.3. The van der Waals surface area contributed by atoms with Crippen LogP contribution < -0.4 is 25.1 Å². The number of hydrogen-bond acceptors (Lipinski definition) is 21. The van der Waals surface area contributed by atoms with Gasteiger partial charge < -0.3 is 48.2 Å². The molecule has 24 nitrogen and oxygen atoms in total. The first-order valence-corrected chi connectivity index (χ1v) is 31.9. The van der Waals surface area contributed by atoms with Gasteiger partial charge in [-0.15, -0.1) is 5.06 Å². The monoisotopic (exact) mass is 1260 g/mol. The van der Waals surface area contributed by atoms with Gasteiger partial charge in [0.05, 0.1) is 54.7 Å². The van der Waals surface area contributed by atoms with Crippen molar-refractivity contribution in [3.8, 4) is 11.5 Å². The smallest absolute Gasteiger partial charge is 0.409 e. The highest BCUT2D eigenvalue weighted by atomic mass is 35.5. The van der Waals surface area contributed by atoms with Crippen molar-refractivity contribution in [1.29, 1.82) is 0 Å². The van der Waals surface area contributed by atoms with E-state index < -0.39 is 110 Å². The number of halogens is 1. The normalized spacial score (nSPS) is 26.8. The van der Waals surface area contributed by atoms with E-state index in [2.05, 4.69) is 15.8 Å². The summed E-state index contributed by atoms with van der Waals surface area (Å²) >= 11 is 6.83. The van der Waals surface area contributed by atoms with Crippen molar-refractivity contribution >= 4 is 102 Å². The molecular weight excluding hydrogens is 1190 g/mol. The summed E-state index contributed by atoms with van der Waals surface area (Å²) in [6.45, 7) is 10.5. The number of hydrogen-bond donors (Lipinski definition) is 3. The average molecular weight is 1260 g/mol. The largest absolute Gasteiger partial charge is 0.495 e. The predicted molar refractivity (Wildman–Crippen MR) is 314 cm³/mol. The first kappa shape index (κ1) is 66.3. The number of imide groups is 1. The Balaban J connectivity index is 0.938. The van der Waals surface area contributed by atoms with Gasteiger partial charge in [-0.25, -0.2) is 28.2 Å². The Labute approximate surface area is 506 Å². The van der Waals surface area contributed by atoms with E-state index in [0.29, 0.717) is 39.9 Å². The number of nitrogens with one attached hydrogen (secondary N) is 2. The van der Waals surface area contributed by atoms with E-state index >= 15 is 0 Å². The van der Waals surface area contributed by atoms with Crippen LogP contribution in [0.1, 0.15) is 110 Å². The van der Waals surface area contributed by atoms with Gasteiger partial charge in [-0.3, -0.25) is 29.3 Å². The number of likely N-dealkylation sites (N-methyl/N-ethyl adjacent to an activating group) is 1. The third kappa shape index (κ3) is 16.2. The number of fused-ring (bicyclic) bond motifs is 6. The summed E-state index contributed by atoms with van der Waals surface area (Å²) in [5.74, 6) is -4.15. The van der Waals surface area contributed by atoms with E-state index in [1.54, 1.807) is 51.2 Å². The van der Waals surface area contributed by atoms with Gasteiger partial charge in [0.2, 0.25) is 17.7 Å². The minimum absolute atomic E-state index is 0.000467. The Morgan fingerprint density at radius 1 is 1.06 bits per heavy atom. The molecule has 3 N–H and O–H groups in total. The molecule has 464 valence electrons. The lowest BCUT2D eigenvalue weighted by Crippen LogP contribution is -2.63. The van der Waals surface area contributed by atoms with Crippen LogP contribution in [0.3, 0.4) is 0 Å². The fourth-order valence-corrected chi connectivity index (χ4v) is 14.5. The number of carbonyl (C=O) groups is 8. The summed E-state index contributed by atoms with van der Waals surface area (Å²) in [6, 6.07) is 6.81. The molecule has 0 radical (unpaired) electrons.